The third-order valence-corrected chi connectivity index (χ3v) is 9.46. The first-order chi connectivity index (χ1) is 23.9. The molecule has 0 unspecified atom stereocenters. The first-order valence-electron chi connectivity index (χ1n) is 15.8. The zero-order valence-electron chi connectivity index (χ0n) is 29.0. The first kappa shape index (κ1) is 41.7. The highest BCUT2D eigenvalue weighted by atomic mass is 33.1. The molecule has 0 aliphatic heterocycles. The molecule has 4 amide bonds. The average Bonchev–Trinajstić information content (AvgIpc) is 3.11. The summed E-state index contributed by atoms with van der Waals surface area (Å²) in [6.07, 6.45) is -1.72. The molecule has 0 aliphatic rings. The summed E-state index contributed by atoms with van der Waals surface area (Å²) in [5.41, 5.74) is 1.48. The van der Waals surface area contributed by atoms with E-state index in [1.54, 1.807) is 76.2 Å². The molecule has 0 fully saturated rings. The van der Waals surface area contributed by atoms with E-state index in [2.05, 4.69) is 21.3 Å². The molecule has 4 N–H and O–H groups in total. The molecule has 2 aromatic carbocycles. The summed E-state index contributed by atoms with van der Waals surface area (Å²) in [5, 5.41) is 10.3. The second-order valence-corrected chi connectivity index (χ2v) is 14.1. The summed E-state index contributed by atoms with van der Waals surface area (Å²) < 4.78 is 20.2. The predicted molar refractivity (Wildman–Crippen MR) is 190 cm³/mol. The van der Waals surface area contributed by atoms with Gasteiger partial charge in [-0.25, -0.2) is 19.2 Å². The number of hydrogen-bond donors (Lipinski definition) is 4. The van der Waals surface area contributed by atoms with Gasteiger partial charge in [0.15, 0.2) is 0 Å². The largest absolute Gasteiger partial charge is 0.467 e. The van der Waals surface area contributed by atoms with Crippen LogP contribution >= 0.6 is 21.6 Å². The van der Waals surface area contributed by atoms with Crippen molar-refractivity contribution in [3.05, 3.63) is 71.8 Å². The van der Waals surface area contributed by atoms with Gasteiger partial charge in [0.1, 0.15) is 37.4 Å². The maximum absolute atomic E-state index is 13.3. The van der Waals surface area contributed by atoms with Crippen LogP contribution in [0.4, 0.5) is 9.59 Å². The molecule has 4 atom stereocenters. The van der Waals surface area contributed by atoms with Gasteiger partial charge in [-0.1, -0.05) is 110 Å². The Morgan fingerprint density at radius 3 is 1.20 bits per heavy atom. The summed E-state index contributed by atoms with van der Waals surface area (Å²) in [4.78, 5) is 76.8. The van der Waals surface area contributed by atoms with Crippen LogP contribution in [-0.2, 0) is 51.3 Å². The van der Waals surface area contributed by atoms with Crippen LogP contribution in [0.3, 0.4) is 0 Å². The van der Waals surface area contributed by atoms with Gasteiger partial charge in [0.05, 0.1) is 14.2 Å². The molecule has 2 rings (SSSR count). The molecule has 2 aromatic rings. The van der Waals surface area contributed by atoms with Crippen LogP contribution in [0.5, 0.6) is 0 Å². The lowest BCUT2D eigenvalue weighted by molar-refractivity contribution is -0.146. The second kappa shape index (κ2) is 22.3. The molecule has 0 aliphatic carbocycles. The number of carbonyl (C=O) groups is 6. The fraction of sp³-hybridized carbons (Fsp3) is 0.471. The third-order valence-electron chi connectivity index (χ3n) is 7.03. The van der Waals surface area contributed by atoms with Crippen LogP contribution in [0.2, 0.25) is 0 Å². The lowest BCUT2D eigenvalue weighted by Gasteiger charge is -2.25. The Labute approximate surface area is 300 Å². The van der Waals surface area contributed by atoms with Crippen LogP contribution in [-0.4, -0.2) is 85.8 Å². The highest BCUT2D eigenvalue weighted by Crippen LogP contribution is 2.24. The maximum Gasteiger partial charge on any atom is 0.408 e. The molecule has 0 saturated carbocycles. The van der Waals surface area contributed by atoms with E-state index in [9.17, 15) is 28.8 Å². The molecular formula is C34H46N4O10S2. The second-order valence-electron chi connectivity index (χ2n) is 11.6. The van der Waals surface area contributed by atoms with Gasteiger partial charge in [-0.05, 0) is 23.0 Å². The minimum Gasteiger partial charge on any atom is -0.467 e. The van der Waals surface area contributed by atoms with Crippen LogP contribution in [0.1, 0.15) is 38.8 Å². The molecule has 0 radical (unpaired) electrons. The number of benzene rings is 2. The van der Waals surface area contributed by atoms with Crippen LogP contribution in [0.25, 0.3) is 0 Å². The number of methoxy groups -OCH3 is 2. The molecule has 274 valence electrons. The van der Waals surface area contributed by atoms with E-state index in [-0.39, 0.29) is 36.6 Å². The van der Waals surface area contributed by atoms with E-state index in [1.165, 1.54) is 14.2 Å². The molecule has 0 aromatic heterocycles. The Bertz CT molecular complexity index is 1290. The van der Waals surface area contributed by atoms with Crippen molar-refractivity contribution >= 4 is 57.5 Å². The number of rotatable bonds is 19. The normalized spacial score (nSPS) is 13.2. The SMILES string of the molecule is COC(=O)[C@@H](NC(=O)[C@H](CSSC[C@H](NC(=O)OCc1ccccc1)C(=O)N[C@H](C(=O)OC)C(C)C)NC(=O)OCc1ccccc1)C(C)C. The Kier molecular flexibility index (Phi) is 18.6. The summed E-state index contributed by atoms with van der Waals surface area (Å²) in [7, 11) is 4.66. The zero-order valence-corrected chi connectivity index (χ0v) is 30.6. The van der Waals surface area contributed by atoms with Crippen molar-refractivity contribution in [3.8, 4) is 0 Å². The lowest BCUT2D eigenvalue weighted by atomic mass is 10.0. The van der Waals surface area contributed by atoms with Crippen molar-refractivity contribution in [1.82, 2.24) is 21.3 Å². The van der Waals surface area contributed by atoms with Gasteiger partial charge in [-0.2, -0.15) is 0 Å². The van der Waals surface area contributed by atoms with E-state index in [1.807, 2.05) is 12.1 Å². The summed E-state index contributed by atoms with van der Waals surface area (Å²) in [6.45, 7) is 6.86. The number of ether oxygens (including phenoxy) is 4. The van der Waals surface area contributed by atoms with Crippen molar-refractivity contribution in [2.45, 2.75) is 65.1 Å². The fourth-order valence-electron chi connectivity index (χ4n) is 4.17. The minimum atomic E-state index is -1.16. The molecular weight excluding hydrogens is 689 g/mol. The van der Waals surface area contributed by atoms with E-state index >= 15 is 0 Å². The average molecular weight is 735 g/mol. The minimum absolute atomic E-state index is 0.0213. The van der Waals surface area contributed by atoms with Gasteiger partial charge in [0.25, 0.3) is 0 Å². The van der Waals surface area contributed by atoms with E-state index in [4.69, 9.17) is 18.9 Å². The van der Waals surface area contributed by atoms with Crippen molar-refractivity contribution in [3.63, 3.8) is 0 Å². The third kappa shape index (κ3) is 15.0. The van der Waals surface area contributed by atoms with E-state index in [0.717, 1.165) is 32.7 Å². The van der Waals surface area contributed by atoms with Crippen LogP contribution in [0.15, 0.2) is 60.7 Å². The van der Waals surface area contributed by atoms with Crippen LogP contribution in [0, 0.1) is 11.8 Å². The van der Waals surface area contributed by atoms with Crippen molar-refractivity contribution in [1.29, 1.82) is 0 Å². The fourth-order valence-corrected chi connectivity index (χ4v) is 6.50. The number of hydrogen-bond acceptors (Lipinski definition) is 12. The van der Waals surface area contributed by atoms with E-state index in [0.29, 0.717) is 0 Å². The molecule has 0 heterocycles. The highest BCUT2D eigenvalue weighted by molar-refractivity contribution is 8.76. The number of esters is 2. The lowest BCUT2D eigenvalue weighted by Crippen LogP contribution is -2.54. The van der Waals surface area contributed by atoms with Crippen LogP contribution < -0.4 is 21.3 Å². The Morgan fingerprint density at radius 1 is 0.560 bits per heavy atom. The van der Waals surface area contributed by atoms with Crippen molar-refractivity contribution in [2.24, 2.45) is 11.8 Å². The predicted octanol–water partition coefficient (Wildman–Crippen LogP) is 3.59. The van der Waals surface area contributed by atoms with Gasteiger partial charge in [-0.3, -0.25) is 9.59 Å². The van der Waals surface area contributed by atoms with Crippen molar-refractivity contribution in [2.75, 3.05) is 25.7 Å². The summed E-state index contributed by atoms with van der Waals surface area (Å²) in [6, 6.07) is 13.7. The topological polar surface area (TPSA) is 187 Å². The Hall–Kier alpha value is -4.44. The Balaban J connectivity index is 2.14. The molecule has 0 bridgehead atoms. The summed E-state index contributed by atoms with van der Waals surface area (Å²) >= 11 is 0. The monoisotopic (exact) mass is 734 g/mol. The van der Waals surface area contributed by atoms with Gasteiger partial charge < -0.3 is 40.2 Å². The quantitative estimate of drug-likeness (QED) is 0.0713. The number of nitrogens with one attached hydrogen (secondary N) is 4. The molecule has 14 nitrogen and oxygen atoms in total. The molecule has 50 heavy (non-hydrogen) atoms. The number of amides is 4. The first-order valence-corrected chi connectivity index (χ1v) is 18.3. The maximum atomic E-state index is 13.3. The standard InChI is InChI=1S/C34H46N4O10S2/c1-21(2)27(31(41)45-5)37-29(39)25(35-33(43)47-17-23-13-9-7-10-14-23)19-49-50-20-26(30(40)38-28(22(3)4)32(42)46-6)36-34(44)48-18-24-15-11-8-12-16-24/h7-16,21-22,25-28H,17-20H2,1-6H3,(H,35,43)(H,36,44)(H,37,39)(H,38,40)/t25-,26-,27-,28-/m0/s1. The number of alkyl carbamates (subject to hydrolysis) is 2. The highest BCUT2D eigenvalue weighted by Gasteiger charge is 2.32. The zero-order chi connectivity index (χ0) is 37.1. The molecule has 0 spiro atoms. The van der Waals surface area contributed by atoms with E-state index < -0.39 is 60.1 Å². The van der Waals surface area contributed by atoms with Gasteiger partial charge in [-0.15, -0.1) is 0 Å². The van der Waals surface area contributed by atoms with Gasteiger partial charge in [0, 0.05) is 11.5 Å². The van der Waals surface area contributed by atoms with Crippen molar-refractivity contribution < 1.29 is 47.7 Å². The number of carbonyl (C=O) groups excluding carboxylic acids is 6. The Morgan fingerprint density at radius 2 is 0.900 bits per heavy atom. The molecule has 0 saturated heterocycles. The summed E-state index contributed by atoms with van der Waals surface area (Å²) in [5.74, 6) is -3.28. The molecule has 16 heteroatoms. The van der Waals surface area contributed by atoms with Gasteiger partial charge in [0.2, 0.25) is 11.8 Å². The smallest absolute Gasteiger partial charge is 0.408 e. The van der Waals surface area contributed by atoms with Gasteiger partial charge >= 0.3 is 24.1 Å².